The maximum absolute atomic E-state index is 12.8. The molecule has 0 saturated carbocycles. The van der Waals surface area contributed by atoms with Crippen LogP contribution < -0.4 is 4.90 Å². The van der Waals surface area contributed by atoms with Crippen molar-refractivity contribution >= 4 is 18.0 Å². The number of anilines is 1. The average Bonchev–Trinajstić information content (AvgIpc) is 2.48. The van der Waals surface area contributed by atoms with Crippen LogP contribution in [0.25, 0.3) is 6.08 Å². The van der Waals surface area contributed by atoms with Crippen LogP contribution in [-0.2, 0) is 11.3 Å². The van der Waals surface area contributed by atoms with Crippen molar-refractivity contribution in [2.45, 2.75) is 6.54 Å². The maximum atomic E-state index is 12.8. The molecule has 0 aliphatic heterocycles. The van der Waals surface area contributed by atoms with Gasteiger partial charge in [-0.1, -0.05) is 12.1 Å². The molecule has 0 amide bonds. The highest BCUT2D eigenvalue weighted by molar-refractivity contribution is 5.85. The SMILES string of the molecule is CN(Cc1ccc(F)cc1)c1ncc(/C=C/C(=O)O)cn1. The van der Waals surface area contributed by atoms with Crippen LogP contribution in [0.15, 0.2) is 42.7 Å². The Hall–Kier alpha value is -2.76. The quantitative estimate of drug-likeness (QED) is 0.855. The summed E-state index contributed by atoms with van der Waals surface area (Å²) in [7, 11) is 1.82. The summed E-state index contributed by atoms with van der Waals surface area (Å²) >= 11 is 0. The minimum Gasteiger partial charge on any atom is -0.478 e. The Morgan fingerprint density at radius 2 is 1.90 bits per heavy atom. The lowest BCUT2D eigenvalue weighted by molar-refractivity contribution is -0.131. The molecular formula is C15H14FN3O2. The molecule has 0 unspecified atom stereocenters. The largest absolute Gasteiger partial charge is 0.478 e. The Balaban J connectivity index is 2.04. The van der Waals surface area contributed by atoms with E-state index in [0.29, 0.717) is 18.1 Å². The minimum atomic E-state index is -1.02. The third-order valence-corrected chi connectivity index (χ3v) is 2.75. The molecule has 108 valence electrons. The van der Waals surface area contributed by atoms with Gasteiger partial charge in [0.2, 0.25) is 5.95 Å². The monoisotopic (exact) mass is 287 g/mol. The summed E-state index contributed by atoms with van der Waals surface area (Å²) in [5.74, 6) is -0.786. The first-order valence-electron chi connectivity index (χ1n) is 6.23. The fraction of sp³-hybridized carbons (Fsp3) is 0.133. The molecule has 1 aromatic heterocycles. The van der Waals surface area contributed by atoms with E-state index in [2.05, 4.69) is 9.97 Å². The van der Waals surface area contributed by atoms with Crippen molar-refractivity contribution in [2.24, 2.45) is 0 Å². The zero-order valence-corrected chi connectivity index (χ0v) is 11.4. The highest BCUT2D eigenvalue weighted by Gasteiger charge is 2.05. The van der Waals surface area contributed by atoms with Gasteiger partial charge in [0.25, 0.3) is 0 Å². The number of aromatic nitrogens is 2. The van der Waals surface area contributed by atoms with E-state index in [9.17, 15) is 9.18 Å². The van der Waals surface area contributed by atoms with Crippen LogP contribution >= 0.6 is 0 Å². The first kappa shape index (κ1) is 14.6. The molecule has 0 fully saturated rings. The highest BCUT2D eigenvalue weighted by Crippen LogP contribution is 2.11. The molecule has 5 nitrogen and oxygen atoms in total. The molecule has 0 aliphatic carbocycles. The summed E-state index contributed by atoms with van der Waals surface area (Å²) in [6.07, 6.45) is 5.54. The second-order valence-corrected chi connectivity index (χ2v) is 4.47. The second-order valence-electron chi connectivity index (χ2n) is 4.47. The molecule has 0 radical (unpaired) electrons. The zero-order chi connectivity index (χ0) is 15.2. The van der Waals surface area contributed by atoms with Gasteiger partial charge in [0.05, 0.1) is 0 Å². The molecule has 0 bridgehead atoms. The molecule has 1 heterocycles. The molecule has 0 spiro atoms. The van der Waals surface area contributed by atoms with Crippen LogP contribution in [0, 0.1) is 5.82 Å². The van der Waals surface area contributed by atoms with Crippen LogP contribution in [-0.4, -0.2) is 28.1 Å². The van der Waals surface area contributed by atoms with Crippen molar-refractivity contribution in [3.63, 3.8) is 0 Å². The smallest absolute Gasteiger partial charge is 0.328 e. The van der Waals surface area contributed by atoms with Gasteiger partial charge in [-0.15, -0.1) is 0 Å². The van der Waals surface area contributed by atoms with Crippen LogP contribution in [0.4, 0.5) is 10.3 Å². The number of carbonyl (C=O) groups is 1. The fourth-order valence-electron chi connectivity index (χ4n) is 1.72. The lowest BCUT2D eigenvalue weighted by atomic mass is 10.2. The molecule has 0 saturated heterocycles. The average molecular weight is 287 g/mol. The van der Waals surface area contributed by atoms with Gasteiger partial charge in [0.1, 0.15) is 5.82 Å². The first-order valence-corrected chi connectivity index (χ1v) is 6.23. The molecule has 0 atom stereocenters. The lowest BCUT2D eigenvalue weighted by Crippen LogP contribution is -2.18. The highest BCUT2D eigenvalue weighted by atomic mass is 19.1. The molecule has 0 aliphatic rings. The van der Waals surface area contributed by atoms with Gasteiger partial charge in [-0.25, -0.2) is 19.2 Å². The van der Waals surface area contributed by atoms with Crippen molar-refractivity contribution in [1.29, 1.82) is 0 Å². The number of halogens is 1. The van der Waals surface area contributed by atoms with Crippen molar-refractivity contribution < 1.29 is 14.3 Å². The molecule has 2 rings (SSSR count). The molecule has 1 aromatic carbocycles. The van der Waals surface area contributed by atoms with Gasteiger partial charge in [-0.05, 0) is 23.8 Å². The summed E-state index contributed by atoms with van der Waals surface area (Å²) in [5, 5.41) is 8.54. The van der Waals surface area contributed by atoms with Crippen molar-refractivity contribution in [1.82, 2.24) is 9.97 Å². The van der Waals surface area contributed by atoms with Crippen molar-refractivity contribution in [2.75, 3.05) is 11.9 Å². The first-order chi connectivity index (χ1) is 10.0. The maximum Gasteiger partial charge on any atom is 0.328 e. The number of carboxylic acids is 1. The summed E-state index contributed by atoms with van der Waals surface area (Å²) in [5.41, 5.74) is 1.55. The Morgan fingerprint density at radius 3 is 2.48 bits per heavy atom. The standard InChI is InChI=1S/C15H14FN3O2/c1-19(10-11-2-5-13(16)6-3-11)15-17-8-12(9-18-15)4-7-14(20)21/h2-9H,10H2,1H3,(H,20,21)/b7-4+. The number of nitrogens with zero attached hydrogens (tertiary/aromatic N) is 3. The fourth-order valence-corrected chi connectivity index (χ4v) is 1.72. The molecule has 1 N–H and O–H groups in total. The number of aliphatic carboxylic acids is 1. The predicted molar refractivity (Wildman–Crippen MR) is 77.2 cm³/mol. The van der Waals surface area contributed by atoms with E-state index in [4.69, 9.17) is 5.11 Å². The van der Waals surface area contributed by atoms with Gasteiger partial charge < -0.3 is 10.0 Å². The van der Waals surface area contributed by atoms with Crippen molar-refractivity contribution in [3.8, 4) is 0 Å². The van der Waals surface area contributed by atoms with Gasteiger partial charge in [0, 0.05) is 37.6 Å². The topological polar surface area (TPSA) is 66.3 Å². The van der Waals surface area contributed by atoms with Gasteiger partial charge in [-0.2, -0.15) is 0 Å². The third kappa shape index (κ3) is 4.38. The number of carboxylic acid groups (broad SMARTS) is 1. The normalized spacial score (nSPS) is 10.8. The Bertz CT molecular complexity index is 639. The molecule has 6 heteroatoms. The number of hydrogen-bond acceptors (Lipinski definition) is 4. The van der Waals surface area contributed by atoms with Gasteiger partial charge in [0.15, 0.2) is 0 Å². The van der Waals surface area contributed by atoms with Crippen LogP contribution in [0.1, 0.15) is 11.1 Å². The molecular weight excluding hydrogens is 273 g/mol. The van der Waals surface area contributed by atoms with E-state index < -0.39 is 5.97 Å². The number of benzene rings is 1. The predicted octanol–water partition coefficient (Wildman–Crippen LogP) is 2.35. The van der Waals surface area contributed by atoms with Gasteiger partial charge in [-0.3, -0.25) is 0 Å². The van der Waals surface area contributed by atoms with Crippen LogP contribution in [0.2, 0.25) is 0 Å². The zero-order valence-electron chi connectivity index (χ0n) is 11.4. The number of rotatable bonds is 5. The molecule has 2 aromatic rings. The Labute approximate surface area is 121 Å². The minimum absolute atomic E-state index is 0.271. The van der Waals surface area contributed by atoms with Crippen molar-refractivity contribution in [3.05, 3.63) is 59.7 Å². The van der Waals surface area contributed by atoms with E-state index in [1.165, 1.54) is 18.2 Å². The van der Waals surface area contributed by atoms with Gasteiger partial charge >= 0.3 is 5.97 Å². The van der Waals surface area contributed by atoms with Crippen LogP contribution in [0.5, 0.6) is 0 Å². The molecule has 21 heavy (non-hydrogen) atoms. The van der Waals surface area contributed by atoms with E-state index in [1.54, 1.807) is 24.5 Å². The Kier molecular flexibility index (Phi) is 4.61. The second kappa shape index (κ2) is 6.60. The lowest BCUT2D eigenvalue weighted by Gasteiger charge is -2.16. The number of hydrogen-bond donors (Lipinski definition) is 1. The van der Waals surface area contributed by atoms with E-state index in [1.807, 2.05) is 11.9 Å². The summed E-state index contributed by atoms with van der Waals surface area (Å²) in [6, 6.07) is 6.22. The van der Waals surface area contributed by atoms with E-state index in [0.717, 1.165) is 11.6 Å². The summed E-state index contributed by atoms with van der Waals surface area (Å²) in [6.45, 7) is 0.546. The van der Waals surface area contributed by atoms with E-state index in [-0.39, 0.29) is 5.82 Å². The third-order valence-electron chi connectivity index (χ3n) is 2.75. The Morgan fingerprint density at radius 1 is 1.29 bits per heavy atom. The van der Waals surface area contributed by atoms with Crippen LogP contribution in [0.3, 0.4) is 0 Å². The summed E-state index contributed by atoms with van der Waals surface area (Å²) in [4.78, 5) is 20.6. The van der Waals surface area contributed by atoms with E-state index >= 15 is 0 Å². The summed E-state index contributed by atoms with van der Waals surface area (Å²) < 4.78 is 12.8.